The van der Waals surface area contributed by atoms with Gasteiger partial charge >= 0.3 is 0 Å². The van der Waals surface area contributed by atoms with Crippen LogP contribution < -0.4 is 0 Å². The molecule has 1 nitrogen and oxygen atoms in total. The first-order chi connectivity index (χ1) is 6.97. The minimum atomic E-state index is -0.431. The van der Waals surface area contributed by atoms with Gasteiger partial charge in [-0.3, -0.25) is 4.79 Å². The first-order valence-electron chi connectivity index (χ1n) is 4.99. The highest BCUT2D eigenvalue weighted by atomic mass is 79.9. The van der Waals surface area contributed by atoms with Crippen LogP contribution in [-0.2, 0) is 6.42 Å². The van der Waals surface area contributed by atoms with E-state index < -0.39 is 5.82 Å². The number of carbonyl (C=O) groups excluding carboxylic acids is 1. The average Bonchev–Trinajstić information content (AvgIpc) is 2.15. The van der Waals surface area contributed by atoms with Crippen molar-refractivity contribution in [2.45, 2.75) is 27.2 Å². The summed E-state index contributed by atoms with van der Waals surface area (Å²) in [6.45, 7) is 5.48. The van der Waals surface area contributed by atoms with E-state index in [1.807, 2.05) is 6.92 Å². The molecule has 15 heavy (non-hydrogen) atoms. The van der Waals surface area contributed by atoms with Gasteiger partial charge in [-0.25, -0.2) is 4.39 Å². The number of ketones is 1. The average molecular weight is 273 g/mol. The Morgan fingerprint density at radius 1 is 1.47 bits per heavy atom. The van der Waals surface area contributed by atoms with E-state index in [2.05, 4.69) is 15.9 Å². The summed E-state index contributed by atoms with van der Waals surface area (Å²) in [5.74, 6) is -0.734. The highest BCUT2D eigenvalue weighted by molar-refractivity contribution is 9.10. The third-order valence-corrected chi connectivity index (χ3v) is 2.75. The molecule has 1 rings (SSSR count). The summed E-state index contributed by atoms with van der Waals surface area (Å²) in [5, 5.41) is 0. The van der Waals surface area contributed by atoms with Crippen molar-refractivity contribution in [1.29, 1.82) is 0 Å². The lowest BCUT2D eigenvalue weighted by atomic mass is 9.95. The highest BCUT2D eigenvalue weighted by Gasteiger charge is 2.19. The van der Waals surface area contributed by atoms with Crippen LogP contribution in [0.2, 0.25) is 0 Å². The molecular formula is C12H14BrFO. The number of halogens is 2. The third kappa shape index (κ3) is 2.65. The molecule has 0 aliphatic carbocycles. The molecule has 1 aromatic carbocycles. The summed E-state index contributed by atoms with van der Waals surface area (Å²) in [6.07, 6.45) is 0.657. The minimum absolute atomic E-state index is 0.128. The number of rotatable bonds is 3. The van der Waals surface area contributed by atoms with E-state index in [0.29, 0.717) is 10.9 Å². The molecule has 82 valence electrons. The van der Waals surface area contributed by atoms with Crippen LogP contribution in [-0.4, -0.2) is 5.78 Å². The minimum Gasteiger partial charge on any atom is -0.294 e. The smallest absolute Gasteiger partial charge is 0.168 e. The van der Waals surface area contributed by atoms with Crippen LogP contribution >= 0.6 is 15.9 Å². The topological polar surface area (TPSA) is 17.1 Å². The van der Waals surface area contributed by atoms with Gasteiger partial charge in [-0.2, -0.15) is 0 Å². The number of Topliss-reactive ketones (excluding diaryl/α,β-unsaturated/α-hetero) is 1. The van der Waals surface area contributed by atoms with E-state index in [1.165, 1.54) is 6.07 Å². The van der Waals surface area contributed by atoms with Crippen molar-refractivity contribution in [2.75, 3.05) is 0 Å². The van der Waals surface area contributed by atoms with Gasteiger partial charge in [0, 0.05) is 10.4 Å². The zero-order valence-electron chi connectivity index (χ0n) is 9.10. The monoisotopic (exact) mass is 272 g/mol. The van der Waals surface area contributed by atoms with E-state index in [9.17, 15) is 9.18 Å². The van der Waals surface area contributed by atoms with Gasteiger partial charge in [0.25, 0.3) is 0 Å². The fourth-order valence-corrected chi connectivity index (χ4v) is 1.95. The Bertz CT molecular complexity index is 385. The summed E-state index contributed by atoms with van der Waals surface area (Å²) in [7, 11) is 0. The maximum atomic E-state index is 13.7. The number of hydrogen-bond donors (Lipinski definition) is 0. The van der Waals surface area contributed by atoms with Gasteiger partial charge in [-0.1, -0.05) is 36.7 Å². The van der Waals surface area contributed by atoms with Gasteiger partial charge in [0.15, 0.2) is 5.78 Å². The molecule has 0 aliphatic rings. The van der Waals surface area contributed by atoms with Gasteiger partial charge in [0.05, 0.1) is 5.56 Å². The Morgan fingerprint density at radius 3 is 2.53 bits per heavy atom. The first kappa shape index (κ1) is 12.4. The second kappa shape index (κ2) is 4.88. The molecular weight excluding hydrogens is 259 g/mol. The molecule has 0 unspecified atom stereocenters. The summed E-state index contributed by atoms with van der Waals surface area (Å²) in [4.78, 5) is 11.8. The molecule has 0 spiro atoms. The van der Waals surface area contributed by atoms with Gasteiger partial charge in [-0.15, -0.1) is 0 Å². The van der Waals surface area contributed by atoms with Gasteiger partial charge in [-0.05, 0) is 24.1 Å². The normalized spacial score (nSPS) is 10.8. The number of carbonyl (C=O) groups is 1. The van der Waals surface area contributed by atoms with Crippen molar-refractivity contribution in [3.05, 3.63) is 33.5 Å². The summed E-state index contributed by atoms with van der Waals surface area (Å²) in [5.41, 5.74) is 1.01. The van der Waals surface area contributed by atoms with Crippen molar-refractivity contribution in [1.82, 2.24) is 0 Å². The van der Waals surface area contributed by atoms with Crippen LogP contribution in [0.3, 0.4) is 0 Å². The lowest BCUT2D eigenvalue weighted by Gasteiger charge is -2.11. The molecule has 0 radical (unpaired) electrons. The van der Waals surface area contributed by atoms with Crippen molar-refractivity contribution in [3.63, 3.8) is 0 Å². The van der Waals surface area contributed by atoms with Crippen LogP contribution in [0.15, 0.2) is 16.6 Å². The van der Waals surface area contributed by atoms with Crippen molar-refractivity contribution in [3.8, 4) is 0 Å². The second-order valence-electron chi connectivity index (χ2n) is 3.79. The van der Waals surface area contributed by atoms with Crippen LogP contribution in [0, 0.1) is 11.7 Å². The fraction of sp³-hybridized carbons (Fsp3) is 0.417. The Labute approximate surface area is 97.8 Å². The Kier molecular flexibility index (Phi) is 4.03. The summed E-state index contributed by atoms with van der Waals surface area (Å²) >= 11 is 3.22. The van der Waals surface area contributed by atoms with Crippen LogP contribution in [0.4, 0.5) is 4.39 Å². The molecule has 0 N–H and O–H groups in total. The van der Waals surface area contributed by atoms with E-state index >= 15 is 0 Å². The first-order valence-corrected chi connectivity index (χ1v) is 5.78. The quantitative estimate of drug-likeness (QED) is 0.761. The van der Waals surface area contributed by atoms with Gasteiger partial charge < -0.3 is 0 Å². The summed E-state index contributed by atoms with van der Waals surface area (Å²) in [6, 6.07) is 3.15. The predicted molar refractivity (Wildman–Crippen MR) is 62.6 cm³/mol. The Hall–Kier alpha value is -0.700. The molecule has 0 amide bonds. The zero-order valence-corrected chi connectivity index (χ0v) is 10.7. The van der Waals surface area contributed by atoms with Crippen molar-refractivity contribution < 1.29 is 9.18 Å². The largest absolute Gasteiger partial charge is 0.294 e. The molecule has 0 heterocycles. The van der Waals surface area contributed by atoms with E-state index in [0.717, 1.165) is 5.56 Å². The molecule has 0 saturated heterocycles. The van der Waals surface area contributed by atoms with Crippen molar-refractivity contribution in [2.24, 2.45) is 5.92 Å². The molecule has 0 fully saturated rings. The number of aryl methyl sites for hydroxylation is 1. The number of hydrogen-bond acceptors (Lipinski definition) is 1. The predicted octanol–water partition coefficient (Wildman–Crippen LogP) is 3.99. The standard InChI is InChI=1S/C12H14BrFO/c1-4-8-5-9(13)6-10(14)11(8)12(15)7(2)3/h5-7H,4H2,1-3H3. The summed E-state index contributed by atoms with van der Waals surface area (Å²) < 4.78 is 14.3. The third-order valence-electron chi connectivity index (χ3n) is 2.29. The number of benzene rings is 1. The van der Waals surface area contributed by atoms with Crippen LogP contribution in [0.25, 0.3) is 0 Å². The Morgan fingerprint density at radius 2 is 2.07 bits per heavy atom. The van der Waals surface area contributed by atoms with E-state index in [1.54, 1.807) is 19.9 Å². The molecule has 0 aromatic heterocycles. The Balaban J connectivity index is 3.33. The van der Waals surface area contributed by atoms with E-state index in [-0.39, 0.29) is 17.3 Å². The molecule has 1 aromatic rings. The van der Waals surface area contributed by atoms with Gasteiger partial charge in [0.1, 0.15) is 5.82 Å². The fourth-order valence-electron chi connectivity index (χ4n) is 1.47. The second-order valence-corrected chi connectivity index (χ2v) is 4.71. The van der Waals surface area contributed by atoms with Gasteiger partial charge in [0.2, 0.25) is 0 Å². The van der Waals surface area contributed by atoms with Crippen molar-refractivity contribution >= 4 is 21.7 Å². The SMILES string of the molecule is CCc1cc(Br)cc(F)c1C(=O)C(C)C. The lowest BCUT2D eigenvalue weighted by Crippen LogP contribution is -2.12. The molecule has 0 bridgehead atoms. The molecule has 0 atom stereocenters. The molecule has 0 aliphatic heterocycles. The molecule has 3 heteroatoms. The zero-order chi connectivity index (χ0) is 11.6. The maximum absolute atomic E-state index is 13.7. The van der Waals surface area contributed by atoms with Crippen LogP contribution in [0.5, 0.6) is 0 Å². The van der Waals surface area contributed by atoms with Crippen LogP contribution in [0.1, 0.15) is 36.7 Å². The van der Waals surface area contributed by atoms with E-state index in [4.69, 9.17) is 0 Å². The lowest BCUT2D eigenvalue weighted by molar-refractivity contribution is 0.0934. The maximum Gasteiger partial charge on any atom is 0.168 e. The highest BCUT2D eigenvalue weighted by Crippen LogP contribution is 2.23. The molecule has 0 saturated carbocycles.